The van der Waals surface area contributed by atoms with Gasteiger partial charge in [0, 0.05) is 5.56 Å². The first-order chi connectivity index (χ1) is 19.2. The summed E-state index contributed by atoms with van der Waals surface area (Å²) in [5.74, 6) is 0.196. The Balaban J connectivity index is 1.51. The van der Waals surface area contributed by atoms with E-state index in [2.05, 4.69) is 24.3 Å². The minimum Gasteiger partial charge on any atom is -0.488 e. The van der Waals surface area contributed by atoms with Crippen LogP contribution in [-0.4, -0.2) is 0 Å². The second-order valence-electron chi connectivity index (χ2n) is 9.30. The van der Waals surface area contributed by atoms with Gasteiger partial charge in [0.1, 0.15) is 24.0 Å². The summed E-state index contributed by atoms with van der Waals surface area (Å²) in [6, 6.07) is 41.9. The van der Waals surface area contributed by atoms with Crippen molar-refractivity contribution in [2.45, 2.75) is 6.61 Å². The highest BCUT2D eigenvalue weighted by Gasteiger charge is 2.18. The molecule has 1 atom stereocenters. The van der Waals surface area contributed by atoms with E-state index in [1.165, 1.54) is 18.2 Å². The Morgan fingerprint density at radius 1 is 0.564 bits per heavy atom. The van der Waals surface area contributed by atoms with Crippen LogP contribution < -0.4 is 15.3 Å². The molecule has 0 radical (unpaired) electrons. The fourth-order valence-corrected chi connectivity index (χ4v) is 6.01. The lowest BCUT2D eigenvalue weighted by Crippen LogP contribution is -2.08. The molecule has 0 saturated heterocycles. The largest absolute Gasteiger partial charge is 0.488 e. The molecule has 6 rings (SSSR count). The van der Waals surface area contributed by atoms with E-state index in [4.69, 9.17) is 4.74 Å². The van der Waals surface area contributed by atoms with Crippen LogP contribution in [0.25, 0.3) is 33.0 Å². The fourth-order valence-electron chi connectivity index (χ4n) is 4.86. The Hall–Kier alpha value is -4.33. The number of benzene rings is 6. The Morgan fingerprint density at radius 3 is 2.08 bits per heavy atom. The Bertz CT molecular complexity index is 1750. The summed E-state index contributed by atoms with van der Waals surface area (Å²) in [5, 5.41) is 4.14. The quantitative estimate of drug-likeness (QED) is 0.188. The van der Waals surface area contributed by atoms with Crippen LogP contribution >= 0.6 is 8.58 Å². The number of hydrogen-bond donors (Lipinski definition) is 0. The molecule has 0 spiro atoms. The Labute approximate surface area is 228 Å². The maximum Gasteiger partial charge on any atom is 0.128 e. The van der Waals surface area contributed by atoms with E-state index < -0.39 is 0 Å². The fraction of sp³-hybridized carbons (Fsp3) is 0.0286. The Kier molecular flexibility index (Phi) is 7.17. The van der Waals surface area contributed by atoms with Crippen molar-refractivity contribution in [2.24, 2.45) is 0 Å². The van der Waals surface area contributed by atoms with Gasteiger partial charge >= 0.3 is 0 Å². The van der Waals surface area contributed by atoms with Gasteiger partial charge in [-0.15, -0.1) is 0 Å². The van der Waals surface area contributed by atoms with Crippen molar-refractivity contribution in [2.75, 3.05) is 0 Å². The molecule has 0 bridgehead atoms. The molecular weight excluding hydrogens is 505 g/mol. The molecule has 4 heteroatoms. The van der Waals surface area contributed by atoms with Gasteiger partial charge in [-0.2, -0.15) is 0 Å². The van der Waals surface area contributed by atoms with Gasteiger partial charge in [-0.05, 0) is 74.0 Å². The minimum atomic E-state index is -0.300. The maximum absolute atomic E-state index is 14.7. The highest BCUT2D eigenvalue weighted by atomic mass is 31.1. The SMILES string of the molecule is Fc1ccc(Pc2ccc(F)cc2-c2ccccc2-c2c(OCc3ccccc3)ccc3ccccc23)cc1. The van der Waals surface area contributed by atoms with Crippen LogP contribution in [0.15, 0.2) is 133 Å². The van der Waals surface area contributed by atoms with Crippen molar-refractivity contribution in [1.82, 2.24) is 0 Å². The van der Waals surface area contributed by atoms with Gasteiger partial charge in [-0.1, -0.05) is 112 Å². The van der Waals surface area contributed by atoms with E-state index in [1.54, 1.807) is 18.2 Å². The molecule has 1 nitrogen and oxygen atoms in total. The van der Waals surface area contributed by atoms with Gasteiger partial charge in [-0.3, -0.25) is 0 Å². The van der Waals surface area contributed by atoms with Gasteiger partial charge in [0.05, 0.1) is 0 Å². The molecule has 0 aromatic heterocycles. The third-order valence-electron chi connectivity index (χ3n) is 6.72. The van der Waals surface area contributed by atoms with Crippen molar-refractivity contribution in [1.29, 1.82) is 0 Å². The molecule has 6 aromatic rings. The monoisotopic (exact) mass is 530 g/mol. The second-order valence-corrected chi connectivity index (χ2v) is 10.7. The molecule has 0 aliphatic heterocycles. The highest BCUT2D eigenvalue weighted by Crippen LogP contribution is 2.42. The third kappa shape index (κ3) is 5.46. The summed E-state index contributed by atoms with van der Waals surface area (Å²) >= 11 is 0. The van der Waals surface area contributed by atoms with E-state index >= 15 is 0 Å². The normalized spacial score (nSPS) is 11.3. The smallest absolute Gasteiger partial charge is 0.128 e. The molecule has 0 amide bonds. The third-order valence-corrected chi connectivity index (χ3v) is 8.05. The lowest BCUT2D eigenvalue weighted by atomic mass is 9.90. The van der Waals surface area contributed by atoms with E-state index in [-0.39, 0.29) is 20.2 Å². The first-order valence-electron chi connectivity index (χ1n) is 12.8. The van der Waals surface area contributed by atoms with Crippen LogP contribution in [0.4, 0.5) is 8.78 Å². The highest BCUT2D eigenvalue weighted by molar-refractivity contribution is 7.55. The summed E-state index contributed by atoms with van der Waals surface area (Å²) in [7, 11) is 0.243. The molecule has 0 aliphatic rings. The van der Waals surface area contributed by atoms with Gasteiger partial charge in [0.2, 0.25) is 0 Å². The summed E-state index contributed by atoms with van der Waals surface area (Å²) in [6.45, 7) is 0.436. The van der Waals surface area contributed by atoms with Crippen molar-refractivity contribution in [3.05, 3.63) is 151 Å². The van der Waals surface area contributed by atoms with Gasteiger partial charge in [0.15, 0.2) is 0 Å². The summed E-state index contributed by atoms with van der Waals surface area (Å²) in [6.07, 6.45) is 0. The molecule has 39 heavy (non-hydrogen) atoms. The molecule has 1 unspecified atom stereocenters. The molecule has 0 heterocycles. The van der Waals surface area contributed by atoms with Gasteiger partial charge < -0.3 is 4.74 Å². The van der Waals surface area contributed by atoms with E-state index in [1.807, 2.05) is 72.8 Å². The number of halogens is 2. The molecule has 0 aliphatic carbocycles. The number of fused-ring (bicyclic) bond motifs is 1. The number of rotatable bonds is 7. The maximum atomic E-state index is 14.7. The van der Waals surface area contributed by atoms with Crippen LogP contribution in [0.2, 0.25) is 0 Å². The molecular formula is C35H25F2OP. The average molecular weight is 531 g/mol. The topological polar surface area (TPSA) is 9.23 Å². The minimum absolute atomic E-state index is 0.243. The van der Waals surface area contributed by atoms with E-state index in [9.17, 15) is 8.78 Å². The van der Waals surface area contributed by atoms with Gasteiger partial charge in [-0.25, -0.2) is 8.78 Å². The second kappa shape index (κ2) is 11.2. The van der Waals surface area contributed by atoms with Crippen LogP contribution in [0.3, 0.4) is 0 Å². The van der Waals surface area contributed by atoms with E-state index in [0.717, 1.165) is 54.9 Å². The predicted molar refractivity (Wildman–Crippen MR) is 160 cm³/mol. The lowest BCUT2D eigenvalue weighted by Gasteiger charge is -2.19. The molecule has 0 N–H and O–H groups in total. The van der Waals surface area contributed by atoms with Crippen LogP contribution in [-0.2, 0) is 6.61 Å². The zero-order valence-corrected chi connectivity index (χ0v) is 22.1. The van der Waals surface area contributed by atoms with Crippen molar-refractivity contribution in [3.8, 4) is 28.0 Å². The molecule has 0 saturated carbocycles. The number of ether oxygens (including phenoxy) is 1. The average Bonchev–Trinajstić information content (AvgIpc) is 2.98. The number of hydrogen-bond acceptors (Lipinski definition) is 1. The van der Waals surface area contributed by atoms with Crippen molar-refractivity contribution < 1.29 is 13.5 Å². The Morgan fingerprint density at radius 2 is 1.26 bits per heavy atom. The molecule has 6 aromatic carbocycles. The first-order valence-corrected chi connectivity index (χ1v) is 13.8. The molecule has 190 valence electrons. The lowest BCUT2D eigenvalue weighted by molar-refractivity contribution is 0.308. The van der Waals surface area contributed by atoms with Gasteiger partial charge in [0.25, 0.3) is 0 Å². The van der Waals surface area contributed by atoms with Crippen molar-refractivity contribution in [3.63, 3.8) is 0 Å². The van der Waals surface area contributed by atoms with Crippen LogP contribution in [0.5, 0.6) is 5.75 Å². The first kappa shape index (κ1) is 25.0. The summed E-state index contributed by atoms with van der Waals surface area (Å²) in [4.78, 5) is 0. The van der Waals surface area contributed by atoms with Crippen molar-refractivity contribution >= 4 is 30.0 Å². The van der Waals surface area contributed by atoms with Crippen LogP contribution in [0, 0.1) is 11.6 Å². The van der Waals surface area contributed by atoms with Crippen LogP contribution in [0.1, 0.15) is 5.56 Å². The zero-order valence-electron chi connectivity index (χ0n) is 21.1. The standard InChI is InChI=1S/C35H25F2OP/c36-26-15-18-28(19-16-26)39-34-21-17-27(37)22-32(34)30-12-6-7-13-31(30)35-29-11-5-4-10-25(29)14-20-33(35)38-23-24-8-2-1-3-9-24/h1-22,39H,23H2. The summed E-state index contributed by atoms with van der Waals surface area (Å²) in [5.41, 5.74) is 4.75. The van der Waals surface area contributed by atoms with E-state index in [0.29, 0.717) is 6.61 Å². The molecule has 0 fully saturated rings. The zero-order chi connectivity index (χ0) is 26.6. The summed E-state index contributed by atoms with van der Waals surface area (Å²) < 4.78 is 34.7. The predicted octanol–water partition coefficient (Wildman–Crippen LogP) is 8.66.